The zero-order valence-electron chi connectivity index (χ0n) is 8.78. The van der Waals surface area contributed by atoms with E-state index in [0.717, 1.165) is 35.7 Å². The molecule has 1 fully saturated rings. The number of cyclic esters (lactones) is 1. The third-order valence-corrected chi connectivity index (χ3v) is 3.64. The standard InChI is InChI=1S/C12H12ClNO2/c13-9-2-1-3-10-8(9)4-6-14(10)11-5-7-16-12(11)15/h1-3,11H,4-7H2/t11-/m0/s1. The van der Waals surface area contributed by atoms with Crippen LogP contribution in [0.2, 0.25) is 5.02 Å². The first-order valence-corrected chi connectivity index (χ1v) is 5.86. The lowest BCUT2D eigenvalue weighted by atomic mass is 10.1. The predicted octanol–water partition coefficient (Wildman–Crippen LogP) is 2.02. The largest absolute Gasteiger partial charge is 0.464 e. The van der Waals surface area contributed by atoms with Crippen LogP contribution in [0.5, 0.6) is 0 Å². The Morgan fingerprint density at radius 3 is 3.06 bits per heavy atom. The summed E-state index contributed by atoms with van der Waals surface area (Å²) >= 11 is 6.14. The number of nitrogens with zero attached hydrogens (tertiary/aromatic N) is 1. The van der Waals surface area contributed by atoms with E-state index in [-0.39, 0.29) is 12.0 Å². The van der Waals surface area contributed by atoms with Crippen LogP contribution in [-0.2, 0) is 16.0 Å². The molecule has 0 saturated carbocycles. The van der Waals surface area contributed by atoms with Gasteiger partial charge in [-0.15, -0.1) is 0 Å². The van der Waals surface area contributed by atoms with Gasteiger partial charge in [-0.05, 0) is 24.1 Å². The molecule has 0 aromatic heterocycles. The number of ether oxygens (including phenoxy) is 1. The van der Waals surface area contributed by atoms with Gasteiger partial charge < -0.3 is 9.64 Å². The molecule has 16 heavy (non-hydrogen) atoms. The van der Waals surface area contributed by atoms with Crippen molar-refractivity contribution in [3.05, 3.63) is 28.8 Å². The number of anilines is 1. The van der Waals surface area contributed by atoms with Crippen molar-refractivity contribution >= 4 is 23.3 Å². The van der Waals surface area contributed by atoms with E-state index in [9.17, 15) is 4.79 Å². The van der Waals surface area contributed by atoms with Gasteiger partial charge in [-0.3, -0.25) is 0 Å². The third kappa shape index (κ3) is 1.39. The van der Waals surface area contributed by atoms with Crippen LogP contribution in [0, 0.1) is 0 Å². The Labute approximate surface area is 98.9 Å². The van der Waals surface area contributed by atoms with Crippen LogP contribution in [0.1, 0.15) is 12.0 Å². The minimum Gasteiger partial charge on any atom is -0.464 e. The van der Waals surface area contributed by atoms with Crippen LogP contribution in [0.4, 0.5) is 5.69 Å². The Balaban J connectivity index is 1.97. The van der Waals surface area contributed by atoms with Crippen molar-refractivity contribution in [2.45, 2.75) is 18.9 Å². The number of hydrogen-bond donors (Lipinski definition) is 0. The highest BCUT2D eigenvalue weighted by atomic mass is 35.5. The van der Waals surface area contributed by atoms with Gasteiger partial charge in [-0.25, -0.2) is 4.79 Å². The van der Waals surface area contributed by atoms with Crippen molar-refractivity contribution in [1.82, 2.24) is 0 Å². The van der Waals surface area contributed by atoms with E-state index in [1.54, 1.807) is 0 Å². The minimum absolute atomic E-state index is 0.104. The van der Waals surface area contributed by atoms with Crippen LogP contribution in [-0.4, -0.2) is 25.2 Å². The summed E-state index contributed by atoms with van der Waals surface area (Å²) in [5.41, 5.74) is 2.25. The van der Waals surface area contributed by atoms with E-state index in [1.807, 2.05) is 18.2 Å². The molecular weight excluding hydrogens is 226 g/mol. The molecule has 1 atom stereocenters. The minimum atomic E-state index is -0.111. The van der Waals surface area contributed by atoms with Crippen molar-refractivity contribution in [3.63, 3.8) is 0 Å². The fourth-order valence-electron chi connectivity index (χ4n) is 2.51. The van der Waals surface area contributed by atoms with Crippen molar-refractivity contribution < 1.29 is 9.53 Å². The maximum atomic E-state index is 11.6. The summed E-state index contributed by atoms with van der Waals surface area (Å²) in [6, 6.07) is 5.75. The molecular formula is C12H12ClNO2. The van der Waals surface area contributed by atoms with Gasteiger partial charge in [0.25, 0.3) is 0 Å². The molecule has 0 bridgehead atoms. The van der Waals surface area contributed by atoms with Crippen LogP contribution in [0.15, 0.2) is 18.2 Å². The summed E-state index contributed by atoms with van der Waals surface area (Å²) in [7, 11) is 0. The van der Waals surface area contributed by atoms with Gasteiger partial charge >= 0.3 is 5.97 Å². The summed E-state index contributed by atoms with van der Waals surface area (Å²) < 4.78 is 5.01. The van der Waals surface area contributed by atoms with Gasteiger partial charge in [0.1, 0.15) is 6.04 Å². The number of rotatable bonds is 1. The van der Waals surface area contributed by atoms with Crippen LogP contribution >= 0.6 is 11.6 Å². The summed E-state index contributed by atoms with van der Waals surface area (Å²) in [5.74, 6) is -0.104. The van der Waals surface area contributed by atoms with Gasteiger partial charge in [0.2, 0.25) is 0 Å². The van der Waals surface area contributed by atoms with E-state index in [2.05, 4.69) is 4.90 Å². The second-order valence-electron chi connectivity index (χ2n) is 4.15. The Bertz CT molecular complexity index is 447. The van der Waals surface area contributed by atoms with E-state index in [0.29, 0.717) is 6.61 Å². The predicted molar refractivity (Wildman–Crippen MR) is 61.9 cm³/mol. The third-order valence-electron chi connectivity index (χ3n) is 3.29. The molecule has 0 aliphatic carbocycles. The molecule has 2 aliphatic heterocycles. The number of esters is 1. The van der Waals surface area contributed by atoms with E-state index in [4.69, 9.17) is 16.3 Å². The van der Waals surface area contributed by atoms with Crippen molar-refractivity contribution in [1.29, 1.82) is 0 Å². The summed E-state index contributed by atoms with van der Waals surface area (Å²) in [6.45, 7) is 1.40. The molecule has 0 unspecified atom stereocenters. The molecule has 3 nitrogen and oxygen atoms in total. The molecule has 0 amide bonds. The number of carbonyl (C=O) groups is 1. The van der Waals surface area contributed by atoms with Crippen LogP contribution in [0.3, 0.4) is 0 Å². The Morgan fingerprint density at radius 1 is 1.44 bits per heavy atom. The summed E-state index contributed by atoms with van der Waals surface area (Å²) in [6.07, 6.45) is 1.70. The lowest BCUT2D eigenvalue weighted by molar-refractivity contribution is -0.139. The molecule has 4 heteroatoms. The maximum absolute atomic E-state index is 11.6. The highest BCUT2D eigenvalue weighted by Gasteiger charge is 2.36. The Kier molecular flexibility index (Phi) is 2.28. The monoisotopic (exact) mass is 237 g/mol. The topological polar surface area (TPSA) is 29.5 Å². The molecule has 0 radical (unpaired) electrons. The first-order chi connectivity index (χ1) is 7.77. The highest BCUT2D eigenvalue weighted by Crippen LogP contribution is 2.36. The summed E-state index contributed by atoms with van der Waals surface area (Å²) in [4.78, 5) is 13.7. The number of benzene rings is 1. The Hall–Kier alpha value is -1.22. The van der Waals surface area contributed by atoms with Gasteiger partial charge in [0, 0.05) is 23.7 Å². The van der Waals surface area contributed by atoms with E-state index in [1.165, 1.54) is 0 Å². The molecule has 1 aromatic carbocycles. The number of hydrogen-bond acceptors (Lipinski definition) is 3. The first-order valence-electron chi connectivity index (χ1n) is 5.48. The molecule has 0 N–H and O–H groups in total. The first kappa shape index (κ1) is 9.97. The number of carbonyl (C=O) groups excluding carboxylic acids is 1. The SMILES string of the molecule is O=C1OCC[C@@H]1N1CCc2c(Cl)cccc21. The van der Waals surface area contributed by atoms with E-state index >= 15 is 0 Å². The number of fused-ring (bicyclic) bond motifs is 1. The van der Waals surface area contributed by atoms with E-state index < -0.39 is 0 Å². The zero-order valence-corrected chi connectivity index (χ0v) is 9.54. The fraction of sp³-hybridized carbons (Fsp3) is 0.417. The number of halogens is 1. The second kappa shape index (κ2) is 3.67. The van der Waals surface area contributed by atoms with Gasteiger partial charge in [0.15, 0.2) is 0 Å². The molecule has 2 heterocycles. The Morgan fingerprint density at radius 2 is 2.31 bits per heavy atom. The van der Waals surface area contributed by atoms with Gasteiger partial charge in [-0.2, -0.15) is 0 Å². The average Bonchev–Trinajstić information content (AvgIpc) is 2.84. The van der Waals surface area contributed by atoms with Gasteiger partial charge in [0.05, 0.1) is 6.61 Å². The van der Waals surface area contributed by atoms with Crippen molar-refractivity contribution in [2.24, 2.45) is 0 Å². The molecule has 2 aliphatic rings. The molecule has 1 saturated heterocycles. The lowest BCUT2D eigenvalue weighted by Gasteiger charge is -2.23. The maximum Gasteiger partial charge on any atom is 0.328 e. The molecule has 0 spiro atoms. The van der Waals surface area contributed by atoms with Crippen molar-refractivity contribution in [3.8, 4) is 0 Å². The lowest BCUT2D eigenvalue weighted by Crippen LogP contribution is -2.37. The molecule has 1 aromatic rings. The quantitative estimate of drug-likeness (QED) is 0.700. The summed E-state index contributed by atoms with van der Waals surface area (Å²) in [5, 5.41) is 0.798. The van der Waals surface area contributed by atoms with Crippen molar-refractivity contribution in [2.75, 3.05) is 18.1 Å². The molecule has 3 rings (SSSR count). The highest BCUT2D eigenvalue weighted by molar-refractivity contribution is 6.31. The van der Waals surface area contributed by atoms with Crippen LogP contribution < -0.4 is 4.90 Å². The smallest absolute Gasteiger partial charge is 0.328 e. The second-order valence-corrected chi connectivity index (χ2v) is 4.56. The average molecular weight is 238 g/mol. The normalized spacial score (nSPS) is 23.4. The zero-order chi connectivity index (χ0) is 11.1. The van der Waals surface area contributed by atoms with Crippen LogP contribution in [0.25, 0.3) is 0 Å². The molecule has 84 valence electrons. The van der Waals surface area contributed by atoms with Gasteiger partial charge in [-0.1, -0.05) is 17.7 Å². The fourth-order valence-corrected chi connectivity index (χ4v) is 2.77.